The molecular formula is C25H30N3O+. The summed E-state index contributed by atoms with van der Waals surface area (Å²) in [5.41, 5.74) is 1.99. The van der Waals surface area contributed by atoms with Gasteiger partial charge < -0.3 is 4.90 Å². The summed E-state index contributed by atoms with van der Waals surface area (Å²) in [6.45, 7) is 5.06. The molecule has 2 fully saturated rings. The number of carbonyl (C=O) groups is 1. The van der Waals surface area contributed by atoms with Gasteiger partial charge in [-0.15, -0.1) is 0 Å². The zero-order valence-corrected chi connectivity index (χ0v) is 17.2. The Balaban J connectivity index is 1.42. The Bertz CT molecular complexity index is 1020. The monoisotopic (exact) mass is 388 g/mol. The second kappa shape index (κ2) is 7.75. The SMILES string of the molecule is CC[n+]1c(C(=O)C2CCN(C3CCC3)CC2)c[nH]c1-c1cccc2ccccc12. The summed E-state index contributed by atoms with van der Waals surface area (Å²) in [6, 6.07) is 15.6. The molecule has 29 heavy (non-hydrogen) atoms. The minimum absolute atomic E-state index is 0.153. The zero-order chi connectivity index (χ0) is 19.8. The predicted octanol–water partition coefficient (Wildman–Crippen LogP) is 4.59. The molecule has 2 aliphatic rings. The second-order valence-electron chi connectivity index (χ2n) is 8.55. The summed E-state index contributed by atoms with van der Waals surface area (Å²) in [4.78, 5) is 19.4. The molecule has 4 nitrogen and oxygen atoms in total. The highest BCUT2D eigenvalue weighted by Crippen LogP contribution is 2.31. The van der Waals surface area contributed by atoms with Crippen molar-refractivity contribution in [2.24, 2.45) is 5.92 Å². The quantitative estimate of drug-likeness (QED) is 0.513. The Morgan fingerprint density at radius 1 is 1.07 bits per heavy atom. The van der Waals surface area contributed by atoms with Crippen molar-refractivity contribution in [1.82, 2.24) is 9.88 Å². The molecular weight excluding hydrogens is 358 g/mol. The Morgan fingerprint density at radius 3 is 2.55 bits per heavy atom. The lowest BCUT2D eigenvalue weighted by Crippen LogP contribution is -2.47. The zero-order valence-electron chi connectivity index (χ0n) is 17.2. The number of likely N-dealkylation sites (tertiary alicyclic amines) is 1. The fraction of sp³-hybridized carbons (Fsp3) is 0.440. The summed E-state index contributed by atoms with van der Waals surface area (Å²) in [6.07, 6.45) is 7.99. The first-order chi connectivity index (χ1) is 14.3. The molecule has 2 heterocycles. The molecule has 0 radical (unpaired) electrons. The molecule has 1 saturated heterocycles. The molecule has 1 N–H and O–H groups in total. The first-order valence-corrected chi connectivity index (χ1v) is 11.1. The summed E-state index contributed by atoms with van der Waals surface area (Å²) in [5, 5.41) is 2.44. The number of imidazole rings is 1. The molecule has 150 valence electrons. The summed E-state index contributed by atoms with van der Waals surface area (Å²) >= 11 is 0. The molecule has 4 heteroatoms. The van der Waals surface area contributed by atoms with E-state index in [0.29, 0.717) is 5.78 Å². The smallest absolute Gasteiger partial charge is 0.287 e. The van der Waals surface area contributed by atoms with Crippen molar-refractivity contribution >= 4 is 16.6 Å². The third-order valence-electron chi connectivity index (χ3n) is 7.01. The number of ketones is 1. The average molecular weight is 389 g/mol. The first-order valence-electron chi connectivity index (χ1n) is 11.1. The van der Waals surface area contributed by atoms with Gasteiger partial charge in [0.25, 0.3) is 5.82 Å². The van der Waals surface area contributed by atoms with Crippen molar-refractivity contribution in [2.45, 2.75) is 51.6 Å². The van der Waals surface area contributed by atoms with Crippen LogP contribution in [0.5, 0.6) is 0 Å². The number of hydrogen-bond donors (Lipinski definition) is 1. The van der Waals surface area contributed by atoms with Crippen LogP contribution in [-0.4, -0.2) is 34.8 Å². The topological polar surface area (TPSA) is 40.0 Å². The van der Waals surface area contributed by atoms with E-state index in [0.717, 1.165) is 55.6 Å². The van der Waals surface area contributed by atoms with Gasteiger partial charge in [0.05, 0.1) is 12.1 Å². The van der Waals surface area contributed by atoms with Crippen molar-refractivity contribution in [2.75, 3.05) is 13.1 Å². The van der Waals surface area contributed by atoms with Crippen LogP contribution in [-0.2, 0) is 6.54 Å². The van der Waals surface area contributed by atoms with E-state index in [4.69, 9.17) is 0 Å². The summed E-state index contributed by atoms with van der Waals surface area (Å²) in [7, 11) is 0. The highest BCUT2D eigenvalue weighted by molar-refractivity contribution is 5.97. The lowest BCUT2D eigenvalue weighted by Gasteiger charge is -2.41. The molecule has 1 aliphatic heterocycles. The van der Waals surface area contributed by atoms with E-state index in [1.807, 2.05) is 6.20 Å². The number of piperidine rings is 1. The van der Waals surface area contributed by atoms with Crippen molar-refractivity contribution in [1.29, 1.82) is 0 Å². The van der Waals surface area contributed by atoms with Crippen LogP contribution < -0.4 is 4.57 Å². The van der Waals surface area contributed by atoms with Crippen LogP contribution in [0, 0.1) is 5.92 Å². The van der Waals surface area contributed by atoms with Crippen LogP contribution in [0.2, 0.25) is 0 Å². The predicted molar refractivity (Wildman–Crippen MR) is 116 cm³/mol. The maximum Gasteiger partial charge on any atom is 0.287 e. The Morgan fingerprint density at radius 2 is 1.83 bits per heavy atom. The van der Waals surface area contributed by atoms with E-state index in [1.54, 1.807) is 0 Å². The van der Waals surface area contributed by atoms with Crippen molar-refractivity contribution < 1.29 is 9.36 Å². The van der Waals surface area contributed by atoms with E-state index in [-0.39, 0.29) is 5.92 Å². The lowest BCUT2D eigenvalue weighted by molar-refractivity contribution is -0.683. The van der Waals surface area contributed by atoms with Gasteiger partial charge in [-0.05, 0) is 62.5 Å². The van der Waals surface area contributed by atoms with Gasteiger partial charge in [0.2, 0.25) is 11.5 Å². The van der Waals surface area contributed by atoms with Gasteiger partial charge in [0.15, 0.2) is 0 Å². The van der Waals surface area contributed by atoms with Crippen LogP contribution >= 0.6 is 0 Å². The Hall–Kier alpha value is -2.46. The van der Waals surface area contributed by atoms with Crippen LogP contribution in [0.1, 0.15) is 49.5 Å². The molecule has 1 aliphatic carbocycles. The third kappa shape index (κ3) is 3.29. The Kier molecular flexibility index (Phi) is 4.96. The highest BCUT2D eigenvalue weighted by atomic mass is 16.1. The molecule has 0 bridgehead atoms. The molecule has 0 amide bonds. The molecule has 5 rings (SSSR count). The molecule has 3 aromatic rings. The van der Waals surface area contributed by atoms with Crippen LogP contribution in [0.25, 0.3) is 22.2 Å². The molecule has 1 aromatic heterocycles. The number of nitrogens with one attached hydrogen (secondary N) is 1. The van der Waals surface area contributed by atoms with Crippen LogP contribution in [0.15, 0.2) is 48.7 Å². The van der Waals surface area contributed by atoms with Crippen molar-refractivity contribution in [3.63, 3.8) is 0 Å². The number of carbonyl (C=O) groups excluding carboxylic acids is 1. The van der Waals surface area contributed by atoms with Crippen LogP contribution in [0.3, 0.4) is 0 Å². The van der Waals surface area contributed by atoms with E-state index >= 15 is 0 Å². The van der Waals surface area contributed by atoms with Gasteiger partial charge in [-0.3, -0.25) is 4.79 Å². The number of H-pyrrole nitrogens is 1. The molecule has 0 unspecified atom stereocenters. The standard InChI is InChI=1S/C25H29N3O/c1-2-28-23(24(29)19-13-15-27(16-14-19)20-9-6-10-20)17-26-25(28)22-12-5-8-18-7-3-4-11-21(18)22/h3-5,7-8,11-12,17,19-20H,2,6,9-10,13-16H2,1H3/p+1. The number of hydrogen-bond acceptors (Lipinski definition) is 2. The second-order valence-corrected chi connectivity index (χ2v) is 8.55. The summed E-state index contributed by atoms with van der Waals surface area (Å²) in [5.74, 6) is 1.49. The fourth-order valence-electron chi connectivity index (χ4n) is 5.09. The Labute approximate surface area is 172 Å². The molecule has 1 saturated carbocycles. The summed E-state index contributed by atoms with van der Waals surface area (Å²) < 4.78 is 2.17. The normalized spacial score (nSPS) is 18.8. The van der Waals surface area contributed by atoms with E-state index in [1.165, 1.54) is 30.0 Å². The van der Waals surface area contributed by atoms with Crippen LogP contribution in [0.4, 0.5) is 0 Å². The van der Waals surface area contributed by atoms with E-state index < -0.39 is 0 Å². The van der Waals surface area contributed by atoms with E-state index in [9.17, 15) is 4.79 Å². The molecule has 0 spiro atoms. The largest absolute Gasteiger partial charge is 0.300 e. The van der Waals surface area contributed by atoms with Gasteiger partial charge in [-0.1, -0.05) is 42.8 Å². The minimum Gasteiger partial charge on any atom is -0.300 e. The molecule has 0 atom stereocenters. The van der Waals surface area contributed by atoms with Gasteiger partial charge in [0.1, 0.15) is 6.20 Å². The van der Waals surface area contributed by atoms with Gasteiger partial charge >= 0.3 is 0 Å². The fourth-order valence-corrected chi connectivity index (χ4v) is 5.09. The number of aromatic amines is 1. The molecule has 2 aromatic carbocycles. The maximum atomic E-state index is 13.4. The number of rotatable bonds is 5. The first kappa shape index (κ1) is 18.6. The highest BCUT2D eigenvalue weighted by Gasteiger charge is 2.34. The minimum atomic E-state index is 0.153. The number of benzene rings is 2. The average Bonchev–Trinajstić information content (AvgIpc) is 3.16. The lowest BCUT2D eigenvalue weighted by atomic mass is 9.86. The van der Waals surface area contributed by atoms with Gasteiger partial charge in [-0.2, -0.15) is 0 Å². The maximum absolute atomic E-state index is 13.4. The van der Waals surface area contributed by atoms with Gasteiger partial charge in [0, 0.05) is 12.0 Å². The van der Waals surface area contributed by atoms with E-state index in [2.05, 4.69) is 63.8 Å². The number of fused-ring (bicyclic) bond motifs is 1. The number of nitrogens with zero attached hydrogens (tertiary/aromatic N) is 2. The number of Topliss-reactive ketones (excluding diaryl/α,β-unsaturated/α-hetero) is 1. The van der Waals surface area contributed by atoms with Crippen molar-refractivity contribution in [3.8, 4) is 11.4 Å². The van der Waals surface area contributed by atoms with Gasteiger partial charge in [-0.25, -0.2) is 9.55 Å². The third-order valence-corrected chi connectivity index (χ3v) is 7.01. The number of aromatic nitrogens is 2. The van der Waals surface area contributed by atoms with Crippen molar-refractivity contribution in [3.05, 3.63) is 54.4 Å².